The van der Waals surface area contributed by atoms with Gasteiger partial charge in [0.1, 0.15) is 0 Å². The molecule has 0 heterocycles. The Hall–Kier alpha value is -0.960. The number of halogens is 4. The number of alkyl halides is 2. The number of hydrogen-bond acceptors (Lipinski definition) is 3. The molecule has 0 aromatic heterocycles. The lowest BCUT2D eigenvalue weighted by Gasteiger charge is -2.11. The highest BCUT2D eigenvalue weighted by molar-refractivity contribution is 14.1. The summed E-state index contributed by atoms with van der Waals surface area (Å²) in [5.74, 6) is -7.48. The molecule has 0 radical (unpaired) electrons. The fourth-order valence-electron chi connectivity index (χ4n) is 0.924. The lowest BCUT2D eigenvalue weighted by Crippen LogP contribution is -2.34. The van der Waals surface area contributed by atoms with Crippen LogP contribution in [0.5, 0.6) is 0 Å². The molecule has 0 saturated heterocycles. The molecule has 98 valence electrons. The Kier molecular flexibility index (Phi) is 4.85. The molecule has 4 nitrogen and oxygen atoms in total. The molecule has 0 saturated carbocycles. The predicted molar refractivity (Wildman–Crippen MR) is 67.0 cm³/mol. The number of carboxylic acids is 1. The summed E-state index contributed by atoms with van der Waals surface area (Å²) in [6, 6.07) is 4.06. The third kappa shape index (κ3) is 3.77. The summed E-state index contributed by atoms with van der Waals surface area (Å²) >= 11 is 7.58. The second-order valence-electron chi connectivity index (χ2n) is 3.21. The average molecular weight is 391 g/mol. The van der Waals surface area contributed by atoms with Crippen molar-refractivity contribution in [1.82, 2.24) is 0 Å². The first kappa shape index (κ1) is 15.1. The monoisotopic (exact) mass is 390 g/mol. The fourth-order valence-corrected chi connectivity index (χ4v) is 1.56. The van der Waals surface area contributed by atoms with Gasteiger partial charge in [-0.25, -0.2) is 9.59 Å². The molecule has 0 aliphatic heterocycles. The minimum Gasteiger partial charge on any atom is -0.477 e. The van der Waals surface area contributed by atoms with Crippen LogP contribution in [-0.4, -0.2) is 29.6 Å². The van der Waals surface area contributed by atoms with Crippen molar-refractivity contribution >= 4 is 46.1 Å². The van der Waals surface area contributed by atoms with Gasteiger partial charge in [0, 0.05) is 3.57 Å². The molecule has 0 spiro atoms. The topological polar surface area (TPSA) is 63.6 Å². The maximum atomic E-state index is 12.7. The van der Waals surface area contributed by atoms with E-state index in [2.05, 4.69) is 4.74 Å². The largest absolute Gasteiger partial charge is 0.477 e. The smallest absolute Gasteiger partial charge is 0.378 e. The first-order valence-corrected chi connectivity index (χ1v) is 5.93. The van der Waals surface area contributed by atoms with Gasteiger partial charge in [-0.3, -0.25) is 0 Å². The number of carbonyl (C=O) groups is 2. The Bertz CT molecular complexity index is 493. The number of rotatable bonds is 4. The zero-order valence-electron chi connectivity index (χ0n) is 8.62. The van der Waals surface area contributed by atoms with E-state index in [-0.39, 0.29) is 5.56 Å². The SMILES string of the molecule is O=C(OCC(F)(F)C(=O)O)c1ccc(Cl)c(I)c1. The Morgan fingerprint density at radius 2 is 2.06 bits per heavy atom. The number of benzene rings is 1. The van der Waals surface area contributed by atoms with E-state index in [1.165, 1.54) is 18.2 Å². The van der Waals surface area contributed by atoms with E-state index in [0.717, 1.165) is 0 Å². The summed E-state index contributed by atoms with van der Waals surface area (Å²) in [4.78, 5) is 21.5. The van der Waals surface area contributed by atoms with Gasteiger partial charge in [0.05, 0.1) is 10.6 Å². The minimum atomic E-state index is -4.10. The molecule has 0 aliphatic rings. The van der Waals surface area contributed by atoms with Crippen LogP contribution in [0.25, 0.3) is 0 Å². The van der Waals surface area contributed by atoms with Gasteiger partial charge >= 0.3 is 17.9 Å². The lowest BCUT2D eigenvalue weighted by molar-refractivity contribution is -0.170. The highest BCUT2D eigenvalue weighted by Crippen LogP contribution is 2.20. The molecule has 1 N–H and O–H groups in total. The Morgan fingerprint density at radius 3 is 2.56 bits per heavy atom. The van der Waals surface area contributed by atoms with E-state index in [9.17, 15) is 18.4 Å². The van der Waals surface area contributed by atoms with E-state index in [0.29, 0.717) is 8.59 Å². The fraction of sp³-hybridized carbons (Fsp3) is 0.200. The molecule has 0 unspecified atom stereocenters. The van der Waals surface area contributed by atoms with Crippen molar-refractivity contribution in [2.24, 2.45) is 0 Å². The maximum Gasteiger partial charge on any atom is 0.378 e. The molecule has 0 aliphatic carbocycles. The first-order valence-electron chi connectivity index (χ1n) is 4.47. The second-order valence-corrected chi connectivity index (χ2v) is 4.78. The van der Waals surface area contributed by atoms with Crippen LogP contribution in [-0.2, 0) is 9.53 Å². The standard InChI is InChI=1S/C10H6ClF2IO4/c11-6-2-1-5(3-7(6)14)8(15)18-4-10(12,13)9(16)17/h1-3H,4H2,(H,16,17). The molecule has 18 heavy (non-hydrogen) atoms. The van der Waals surface area contributed by atoms with Crippen LogP contribution in [0.2, 0.25) is 5.02 Å². The van der Waals surface area contributed by atoms with Gasteiger partial charge in [0.25, 0.3) is 0 Å². The van der Waals surface area contributed by atoms with Gasteiger partial charge in [-0.2, -0.15) is 8.78 Å². The van der Waals surface area contributed by atoms with Gasteiger partial charge in [-0.1, -0.05) is 11.6 Å². The number of esters is 1. The van der Waals surface area contributed by atoms with Crippen molar-refractivity contribution in [3.8, 4) is 0 Å². The number of hydrogen-bond donors (Lipinski definition) is 1. The normalized spacial score (nSPS) is 11.1. The van der Waals surface area contributed by atoms with Crippen LogP contribution in [0.15, 0.2) is 18.2 Å². The zero-order valence-corrected chi connectivity index (χ0v) is 11.5. The molecule has 1 aromatic rings. The van der Waals surface area contributed by atoms with E-state index in [1.54, 1.807) is 0 Å². The minimum absolute atomic E-state index is 0.0185. The number of ether oxygens (including phenoxy) is 1. The summed E-state index contributed by atoms with van der Waals surface area (Å²) in [6.45, 7) is -1.51. The Labute approximate surface area is 119 Å². The second kappa shape index (κ2) is 5.79. The van der Waals surface area contributed by atoms with E-state index < -0.39 is 24.5 Å². The van der Waals surface area contributed by atoms with Crippen molar-refractivity contribution in [2.75, 3.05) is 6.61 Å². The van der Waals surface area contributed by atoms with Crippen LogP contribution in [0.4, 0.5) is 8.78 Å². The first-order chi connectivity index (χ1) is 8.24. The molecular weight excluding hydrogens is 384 g/mol. The maximum absolute atomic E-state index is 12.7. The highest BCUT2D eigenvalue weighted by atomic mass is 127. The predicted octanol–water partition coefficient (Wildman–Crippen LogP) is 2.82. The van der Waals surface area contributed by atoms with Gasteiger partial charge in [-0.15, -0.1) is 0 Å². The van der Waals surface area contributed by atoms with Crippen molar-refractivity contribution in [3.05, 3.63) is 32.4 Å². The van der Waals surface area contributed by atoms with Crippen LogP contribution in [0, 0.1) is 3.57 Å². The van der Waals surface area contributed by atoms with Crippen molar-refractivity contribution in [3.63, 3.8) is 0 Å². The zero-order chi connectivity index (χ0) is 13.9. The van der Waals surface area contributed by atoms with E-state index >= 15 is 0 Å². The van der Waals surface area contributed by atoms with E-state index in [1.807, 2.05) is 22.6 Å². The van der Waals surface area contributed by atoms with Crippen molar-refractivity contribution in [1.29, 1.82) is 0 Å². The molecule has 1 rings (SSSR count). The van der Waals surface area contributed by atoms with Crippen LogP contribution in [0.1, 0.15) is 10.4 Å². The highest BCUT2D eigenvalue weighted by Gasteiger charge is 2.40. The number of aliphatic carboxylic acids is 1. The number of carbonyl (C=O) groups excluding carboxylic acids is 1. The van der Waals surface area contributed by atoms with Crippen molar-refractivity contribution < 1.29 is 28.2 Å². The summed E-state index contributed by atoms with van der Waals surface area (Å²) in [7, 11) is 0. The Morgan fingerprint density at radius 1 is 1.44 bits per heavy atom. The van der Waals surface area contributed by atoms with E-state index in [4.69, 9.17) is 16.7 Å². The van der Waals surface area contributed by atoms with Gasteiger partial charge in [0.15, 0.2) is 6.61 Å². The number of carboxylic acid groups (broad SMARTS) is 1. The van der Waals surface area contributed by atoms with Crippen LogP contribution in [0.3, 0.4) is 0 Å². The molecule has 0 bridgehead atoms. The lowest BCUT2D eigenvalue weighted by atomic mass is 10.2. The quantitative estimate of drug-likeness (QED) is 0.634. The third-order valence-corrected chi connectivity index (χ3v) is 3.39. The molecule has 0 fully saturated rings. The molecule has 0 amide bonds. The molecule has 0 atom stereocenters. The van der Waals surface area contributed by atoms with Crippen molar-refractivity contribution in [2.45, 2.75) is 5.92 Å². The summed E-state index contributed by atoms with van der Waals surface area (Å²) in [6.07, 6.45) is 0. The third-order valence-electron chi connectivity index (χ3n) is 1.85. The summed E-state index contributed by atoms with van der Waals surface area (Å²) < 4.78 is 30.1. The van der Waals surface area contributed by atoms with Crippen LogP contribution < -0.4 is 0 Å². The van der Waals surface area contributed by atoms with Crippen LogP contribution >= 0.6 is 34.2 Å². The van der Waals surface area contributed by atoms with Gasteiger partial charge < -0.3 is 9.84 Å². The Balaban J connectivity index is 2.72. The summed E-state index contributed by atoms with van der Waals surface area (Å²) in [5, 5.41) is 8.55. The molecule has 1 aromatic carbocycles. The molecule has 8 heteroatoms. The molecular formula is C10H6ClF2IO4. The average Bonchev–Trinajstić information content (AvgIpc) is 2.29. The summed E-state index contributed by atoms with van der Waals surface area (Å²) in [5.41, 5.74) is 0.0185. The van der Waals surface area contributed by atoms with Gasteiger partial charge in [-0.05, 0) is 40.8 Å². The van der Waals surface area contributed by atoms with Gasteiger partial charge in [0.2, 0.25) is 0 Å².